The molecule has 0 saturated carbocycles. The summed E-state index contributed by atoms with van der Waals surface area (Å²) in [6.45, 7) is 0.711. The molecule has 1 aromatic carbocycles. The summed E-state index contributed by atoms with van der Waals surface area (Å²) < 4.78 is 0. The predicted octanol–water partition coefficient (Wildman–Crippen LogP) is 1.47. The molecule has 0 unspecified atom stereocenters. The van der Waals surface area contributed by atoms with Gasteiger partial charge >= 0.3 is 0 Å². The van der Waals surface area contributed by atoms with Gasteiger partial charge in [0.1, 0.15) is 6.04 Å². The Hall–Kier alpha value is -2.04. The fourth-order valence-corrected chi connectivity index (χ4v) is 2.59. The summed E-state index contributed by atoms with van der Waals surface area (Å²) in [5.41, 5.74) is 2.26. The van der Waals surface area contributed by atoms with Crippen molar-refractivity contribution in [3.8, 4) is 0 Å². The van der Waals surface area contributed by atoms with E-state index in [1.165, 1.54) is 0 Å². The van der Waals surface area contributed by atoms with Gasteiger partial charge in [-0.25, -0.2) is 0 Å². The van der Waals surface area contributed by atoms with Gasteiger partial charge in [0.25, 0.3) is 0 Å². The maximum atomic E-state index is 12.1. The summed E-state index contributed by atoms with van der Waals surface area (Å²) in [5.74, 6) is -0.113. The molecule has 1 fully saturated rings. The van der Waals surface area contributed by atoms with Crippen LogP contribution in [0.2, 0.25) is 0 Å². The minimum Gasteiger partial charge on any atom is -0.378 e. The summed E-state index contributed by atoms with van der Waals surface area (Å²) in [7, 11) is 3.99. The second-order valence-corrected chi connectivity index (χ2v) is 5.97. The van der Waals surface area contributed by atoms with E-state index in [4.69, 9.17) is 0 Å². The Morgan fingerprint density at radius 3 is 2.95 bits per heavy atom. The van der Waals surface area contributed by atoms with E-state index in [9.17, 15) is 9.59 Å². The smallest absolute Gasteiger partial charge is 0.242 e. The number of hydrogen-bond acceptors (Lipinski definition) is 3. The van der Waals surface area contributed by atoms with Crippen molar-refractivity contribution in [3.05, 3.63) is 29.8 Å². The molecule has 1 aliphatic rings. The lowest BCUT2D eigenvalue weighted by molar-refractivity contribution is -0.128. The van der Waals surface area contributed by atoms with Crippen LogP contribution in [0.4, 0.5) is 5.69 Å². The highest BCUT2D eigenvalue weighted by Gasteiger charge is 2.21. The quantitative estimate of drug-likeness (QED) is 0.866. The van der Waals surface area contributed by atoms with Gasteiger partial charge in [0.15, 0.2) is 0 Å². The van der Waals surface area contributed by atoms with Crippen molar-refractivity contribution in [2.45, 2.75) is 38.1 Å². The minimum absolute atomic E-state index is 0.0551. The van der Waals surface area contributed by atoms with Crippen molar-refractivity contribution in [3.63, 3.8) is 0 Å². The van der Waals surface area contributed by atoms with E-state index in [-0.39, 0.29) is 17.9 Å². The van der Waals surface area contributed by atoms with Crippen molar-refractivity contribution < 1.29 is 9.59 Å². The molecule has 1 aromatic rings. The van der Waals surface area contributed by atoms with Crippen LogP contribution in [0, 0.1) is 0 Å². The molecule has 2 rings (SSSR count). The van der Waals surface area contributed by atoms with E-state index in [1.54, 1.807) is 0 Å². The molecule has 0 bridgehead atoms. The summed E-state index contributed by atoms with van der Waals surface area (Å²) in [4.78, 5) is 25.9. The summed E-state index contributed by atoms with van der Waals surface area (Å²) in [6.07, 6.45) is 3.76. The molecule has 0 aromatic heterocycles. The van der Waals surface area contributed by atoms with E-state index in [1.807, 2.05) is 37.2 Å². The standard InChI is InChI=1S/C17H25N3O2/c1-20(2)14-7-5-6-13(12-14)9-10-16(21)19-15-8-3-4-11-18-17(15)22/h5-7,12,15H,3-4,8-11H2,1-2H3,(H,18,22)(H,19,21)/t15-/m1/s1. The van der Waals surface area contributed by atoms with Crippen LogP contribution < -0.4 is 15.5 Å². The first-order valence-electron chi connectivity index (χ1n) is 7.89. The molecule has 120 valence electrons. The zero-order valence-corrected chi connectivity index (χ0v) is 13.4. The van der Waals surface area contributed by atoms with Crippen molar-refractivity contribution in [1.82, 2.24) is 10.6 Å². The van der Waals surface area contributed by atoms with Crippen LogP contribution in [0.1, 0.15) is 31.2 Å². The van der Waals surface area contributed by atoms with Gasteiger partial charge in [-0.3, -0.25) is 9.59 Å². The Morgan fingerprint density at radius 2 is 2.18 bits per heavy atom. The van der Waals surface area contributed by atoms with Crippen LogP contribution in [-0.2, 0) is 16.0 Å². The molecule has 0 spiro atoms. The van der Waals surface area contributed by atoms with Gasteiger partial charge in [-0.1, -0.05) is 12.1 Å². The number of amides is 2. The highest BCUT2D eigenvalue weighted by atomic mass is 16.2. The third-order valence-corrected chi connectivity index (χ3v) is 3.94. The first-order chi connectivity index (χ1) is 10.6. The maximum Gasteiger partial charge on any atom is 0.242 e. The molecule has 22 heavy (non-hydrogen) atoms. The molecule has 1 atom stereocenters. The molecule has 0 radical (unpaired) electrons. The molecule has 1 heterocycles. The van der Waals surface area contributed by atoms with Crippen LogP contribution in [0.25, 0.3) is 0 Å². The number of carbonyl (C=O) groups excluding carboxylic acids is 2. The van der Waals surface area contributed by atoms with Crippen LogP contribution in [-0.4, -0.2) is 38.5 Å². The van der Waals surface area contributed by atoms with Gasteiger partial charge in [-0.05, 0) is 43.4 Å². The lowest BCUT2D eigenvalue weighted by Gasteiger charge is -2.16. The first-order valence-corrected chi connectivity index (χ1v) is 7.89. The molecule has 5 heteroatoms. The Balaban J connectivity index is 1.84. The molecule has 0 aliphatic carbocycles. The molecule has 1 saturated heterocycles. The number of nitrogens with one attached hydrogen (secondary N) is 2. The molecule has 1 aliphatic heterocycles. The Labute approximate surface area is 132 Å². The van der Waals surface area contributed by atoms with E-state index >= 15 is 0 Å². The molecule has 5 nitrogen and oxygen atoms in total. The SMILES string of the molecule is CN(C)c1cccc(CCC(=O)N[C@@H]2CCCCNC2=O)c1. The fraction of sp³-hybridized carbons (Fsp3) is 0.529. The van der Waals surface area contributed by atoms with E-state index in [2.05, 4.69) is 16.7 Å². The lowest BCUT2D eigenvalue weighted by Crippen LogP contribution is -2.45. The number of aryl methyl sites for hydroxylation is 1. The highest BCUT2D eigenvalue weighted by Crippen LogP contribution is 2.14. The van der Waals surface area contributed by atoms with Crippen molar-refractivity contribution in [1.29, 1.82) is 0 Å². The van der Waals surface area contributed by atoms with Crippen LogP contribution >= 0.6 is 0 Å². The second kappa shape index (κ2) is 7.82. The Bertz CT molecular complexity index is 528. The third kappa shape index (κ3) is 4.76. The van der Waals surface area contributed by atoms with Crippen LogP contribution in [0.15, 0.2) is 24.3 Å². The summed E-state index contributed by atoms with van der Waals surface area (Å²) >= 11 is 0. The number of nitrogens with zero attached hydrogens (tertiary/aromatic N) is 1. The van der Waals surface area contributed by atoms with Gasteiger partial charge in [0.2, 0.25) is 11.8 Å². The maximum absolute atomic E-state index is 12.1. The number of anilines is 1. The second-order valence-electron chi connectivity index (χ2n) is 5.97. The van der Waals surface area contributed by atoms with Crippen molar-refractivity contribution in [2.24, 2.45) is 0 Å². The van der Waals surface area contributed by atoms with Crippen LogP contribution in [0.3, 0.4) is 0 Å². The Morgan fingerprint density at radius 1 is 1.36 bits per heavy atom. The Kier molecular flexibility index (Phi) is 5.81. The monoisotopic (exact) mass is 303 g/mol. The van der Waals surface area contributed by atoms with Gasteiger partial charge in [0.05, 0.1) is 0 Å². The zero-order chi connectivity index (χ0) is 15.9. The molecular weight excluding hydrogens is 278 g/mol. The zero-order valence-electron chi connectivity index (χ0n) is 13.4. The fourth-order valence-electron chi connectivity index (χ4n) is 2.59. The average Bonchev–Trinajstić information content (AvgIpc) is 2.70. The highest BCUT2D eigenvalue weighted by molar-refractivity contribution is 5.87. The van der Waals surface area contributed by atoms with Gasteiger partial charge < -0.3 is 15.5 Å². The number of benzene rings is 1. The topological polar surface area (TPSA) is 61.4 Å². The largest absolute Gasteiger partial charge is 0.378 e. The summed E-state index contributed by atoms with van der Waals surface area (Å²) in [5, 5.41) is 5.69. The number of carbonyl (C=O) groups is 2. The lowest BCUT2D eigenvalue weighted by atomic mass is 10.1. The normalized spacial score (nSPS) is 18.3. The van der Waals surface area contributed by atoms with E-state index in [0.29, 0.717) is 19.4 Å². The molecule has 2 amide bonds. The van der Waals surface area contributed by atoms with Gasteiger partial charge in [-0.15, -0.1) is 0 Å². The van der Waals surface area contributed by atoms with E-state index in [0.717, 1.165) is 30.5 Å². The van der Waals surface area contributed by atoms with Crippen LogP contribution in [0.5, 0.6) is 0 Å². The minimum atomic E-state index is -0.372. The number of hydrogen-bond donors (Lipinski definition) is 2. The summed E-state index contributed by atoms with van der Waals surface area (Å²) in [6, 6.07) is 7.79. The van der Waals surface area contributed by atoms with Crippen molar-refractivity contribution >= 4 is 17.5 Å². The third-order valence-electron chi connectivity index (χ3n) is 3.94. The van der Waals surface area contributed by atoms with Gasteiger partial charge in [0, 0.05) is 32.7 Å². The average molecular weight is 303 g/mol. The molecular formula is C17H25N3O2. The number of rotatable bonds is 5. The van der Waals surface area contributed by atoms with Gasteiger partial charge in [-0.2, -0.15) is 0 Å². The first kappa shape index (κ1) is 16.3. The van der Waals surface area contributed by atoms with Crippen molar-refractivity contribution in [2.75, 3.05) is 25.5 Å². The predicted molar refractivity (Wildman–Crippen MR) is 87.9 cm³/mol. The van der Waals surface area contributed by atoms with E-state index < -0.39 is 0 Å². The molecule has 2 N–H and O–H groups in total.